The maximum atomic E-state index is 3.40. The van der Waals surface area contributed by atoms with Gasteiger partial charge in [0.25, 0.3) is 0 Å². The summed E-state index contributed by atoms with van der Waals surface area (Å²) in [5.41, 5.74) is 0. The lowest BCUT2D eigenvalue weighted by molar-refractivity contribution is 0.346. The van der Waals surface area contributed by atoms with E-state index in [0.717, 1.165) is 5.92 Å². The van der Waals surface area contributed by atoms with Crippen molar-refractivity contribution in [2.24, 2.45) is 5.92 Å². The fourth-order valence-corrected chi connectivity index (χ4v) is 2.24. The molecule has 3 heteroatoms. The summed E-state index contributed by atoms with van der Waals surface area (Å²) in [6.45, 7) is 2.52. The maximum absolute atomic E-state index is 3.40. The summed E-state index contributed by atoms with van der Waals surface area (Å²) in [5, 5.41) is 3.40. The molecule has 0 aromatic carbocycles. The minimum absolute atomic E-state index is 0. The molecule has 1 nitrogen and oxygen atoms in total. The minimum atomic E-state index is 0. The van der Waals surface area contributed by atoms with Crippen LogP contribution in [0.5, 0.6) is 0 Å². The Balaban J connectivity index is 0.00000121. The van der Waals surface area contributed by atoms with Crippen molar-refractivity contribution in [1.29, 1.82) is 0 Å². The SMILES string of the molecule is I.ICCCCC1CCNCC1. The molecule has 12 heavy (non-hydrogen) atoms. The van der Waals surface area contributed by atoms with E-state index < -0.39 is 0 Å². The summed E-state index contributed by atoms with van der Waals surface area (Å²) in [6, 6.07) is 0. The Hall–Kier alpha value is 1.42. The number of halogens is 2. The van der Waals surface area contributed by atoms with Crippen LogP contribution in [0.25, 0.3) is 0 Å². The predicted octanol–water partition coefficient (Wildman–Crippen LogP) is 3.21. The third-order valence-corrected chi connectivity index (χ3v) is 3.22. The van der Waals surface area contributed by atoms with E-state index in [4.69, 9.17) is 0 Å². The molecular weight excluding hydrogens is 376 g/mol. The monoisotopic (exact) mass is 395 g/mol. The normalized spacial score (nSPS) is 18.8. The lowest BCUT2D eigenvalue weighted by atomic mass is 9.93. The molecule has 1 aliphatic rings. The fourth-order valence-electron chi connectivity index (χ4n) is 1.70. The van der Waals surface area contributed by atoms with E-state index in [9.17, 15) is 0 Å². The van der Waals surface area contributed by atoms with Crippen LogP contribution in [0.3, 0.4) is 0 Å². The van der Waals surface area contributed by atoms with Gasteiger partial charge in [-0.1, -0.05) is 35.4 Å². The summed E-state index contributed by atoms with van der Waals surface area (Å²) in [4.78, 5) is 0. The minimum Gasteiger partial charge on any atom is -0.317 e. The average Bonchev–Trinajstić information content (AvgIpc) is 2.07. The lowest BCUT2D eigenvalue weighted by Gasteiger charge is -2.22. The van der Waals surface area contributed by atoms with Crippen molar-refractivity contribution < 1.29 is 0 Å². The molecule has 0 bridgehead atoms. The van der Waals surface area contributed by atoms with E-state index in [1.54, 1.807) is 0 Å². The van der Waals surface area contributed by atoms with E-state index in [2.05, 4.69) is 27.9 Å². The average molecular weight is 395 g/mol. The molecule has 0 radical (unpaired) electrons. The van der Waals surface area contributed by atoms with E-state index in [0.29, 0.717) is 0 Å². The van der Waals surface area contributed by atoms with Crippen LogP contribution in [-0.2, 0) is 0 Å². The maximum Gasteiger partial charge on any atom is -0.000473 e. The number of rotatable bonds is 4. The second kappa shape index (κ2) is 8.99. The van der Waals surface area contributed by atoms with Gasteiger partial charge in [0.2, 0.25) is 0 Å². The molecule has 0 amide bonds. The molecule has 0 aromatic heterocycles. The highest BCUT2D eigenvalue weighted by molar-refractivity contribution is 14.1. The summed E-state index contributed by atoms with van der Waals surface area (Å²) >= 11 is 2.47. The van der Waals surface area contributed by atoms with Gasteiger partial charge >= 0.3 is 0 Å². The molecule has 1 heterocycles. The molecule has 0 aliphatic carbocycles. The first-order valence-electron chi connectivity index (χ1n) is 4.70. The highest BCUT2D eigenvalue weighted by Gasteiger charge is 2.11. The molecule has 1 rings (SSSR count). The molecule has 1 saturated heterocycles. The Morgan fingerprint density at radius 2 is 1.83 bits per heavy atom. The van der Waals surface area contributed by atoms with Gasteiger partial charge in [-0.3, -0.25) is 0 Å². The third-order valence-electron chi connectivity index (χ3n) is 2.45. The Bertz CT molecular complexity index is 92.5. The molecule has 0 spiro atoms. The van der Waals surface area contributed by atoms with Crippen molar-refractivity contribution in [3.63, 3.8) is 0 Å². The molecule has 1 aliphatic heterocycles. The van der Waals surface area contributed by atoms with Gasteiger partial charge < -0.3 is 5.32 Å². The number of piperidine rings is 1. The molecule has 0 aromatic rings. The van der Waals surface area contributed by atoms with Gasteiger partial charge in [0.1, 0.15) is 0 Å². The van der Waals surface area contributed by atoms with Gasteiger partial charge in [0.05, 0.1) is 0 Å². The number of hydrogen-bond acceptors (Lipinski definition) is 1. The first-order valence-corrected chi connectivity index (χ1v) is 6.22. The number of alkyl halides is 1. The second-order valence-corrected chi connectivity index (χ2v) is 4.46. The van der Waals surface area contributed by atoms with E-state index in [1.165, 1.54) is 49.6 Å². The lowest BCUT2D eigenvalue weighted by Crippen LogP contribution is -2.27. The molecular formula is C9H19I2N. The zero-order valence-electron chi connectivity index (χ0n) is 7.52. The van der Waals surface area contributed by atoms with Gasteiger partial charge in [0, 0.05) is 0 Å². The first-order chi connectivity index (χ1) is 5.43. The predicted molar refractivity (Wildman–Crippen MR) is 73.7 cm³/mol. The molecule has 1 N–H and O–H groups in total. The van der Waals surface area contributed by atoms with Crippen molar-refractivity contribution in [1.82, 2.24) is 5.32 Å². The van der Waals surface area contributed by atoms with Crippen molar-refractivity contribution >= 4 is 46.6 Å². The molecule has 0 unspecified atom stereocenters. The van der Waals surface area contributed by atoms with Crippen molar-refractivity contribution in [3.8, 4) is 0 Å². The van der Waals surface area contributed by atoms with Crippen LogP contribution < -0.4 is 5.32 Å². The van der Waals surface area contributed by atoms with Crippen LogP contribution in [0.1, 0.15) is 32.1 Å². The van der Waals surface area contributed by atoms with E-state index >= 15 is 0 Å². The Morgan fingerprint density at radius 3 is 2.42 bits per heavy atom. The van der Waals surface area contributed by atoms with Gasteiger partial charge in [0.15, 0.2) is 0 Å². The highest BCUT2D eigenvalue weighted by atomic mass is 127. The van der Waals surface area contributed by atoms with Crippen molar-refractivity contribution in [3.05, 3.63) is 0 Å². The molecule has 74 valence electrons. The largest absolute Gasteiger partial charge is 0.317 e. The molecule has 1 fully saturated rings. The highest BCUT2D eigenvalue weighted by Crippen LogP contribution is 2.18. The summed E-state index contributed by atoms with van der Waals surface area (Å²) in [5.74, 6) is 1.04. The summed E-state index contributed by atoms with van der Waals surface area (Å²) in [7, 11) is 0. The fraction of sp³-hybridized carbons (Fsp3) is 1.00. The number of unbranched alkanes of at least 4 members (excludes halogenated alkanes) is 1. The number of hydrogen-bond donors (Lipinski definition) is 1. The third kappa shape index (κ3) is 5.96. The van der Waals surface area contributed by atoms with Crippen LogP contribution in [0.2, 0.25) is 0 Å². The Labute approximate surface area is 107 Å². The topological polar surface area (TPSA) is 12.0 Å². The van der Waals surface area contributed by atoms with Gasteiger partial charge in [-0.05, 0) is 42.7 Å². The zero-order chi connectivity index (χ0) is 7.94. The van der Waals surface area contributed by atoms with Crippen LogP contribution in [-0.4, -0.2) is 17.5 Å². The zero-order valence-corrected chi connectivity index (χ0v) is 12.0. The van der Waals surface area contributed by atoms with E-state index in [-0.39, 0.29) is 24.0 Å². The van der Waals surface area contributed by atoms with Gasteiger partial charge in [-0.2, -0.15) is 0 Å². The Kier molecular flexibility index (Phi) is 10.1. The molecule has 0 atom stereocenters. The van der Waals surface area contributed by atoms with Crippen molar-refractivity contribution in [2.75, 3.05) is 17.5 Å². The Morgan fingerprint density at radius 1 is 1.17 bits per heavy atom. The van der Waals surface area contributed by atoms with Crippen molar-refractivity contribution in [2.45, 2.75) is 32.1 Å². The number of nitrogens with one attached hydrogen (secondary N) is 1. The quantitative estimate of drug-likeness (QED) is 0.438. The van der Waals surface area contributed by atoms with Crippen LogP contribution >= 0.6 is 46.6 Å². The van der Waals surface area contributed by atoms with Gasteiger partial charge in [-0.15, -0.1) is 24.0 Å². The first kappa shape index (κ1) is 13.4. The van der Waals surface area contributed by atoms with Crippen LogP contribution in [0.15, 0.2) is 0 Å². The summed E-state index contributed by atoms with van der Waals surface area (Å²) in [6.07, 6.45) is 7.19. The smallest absolute Gasteiger partial charge is 0.000473 e. The summed E-state index contributed by atoms with van der Waals surface area (Å²) < 4.78 is 1.34. The second-order valence-electron chi connectivity index (χ2n) is 3.38. The standard InChI is InChI=1S/C9H18IN.HI/c10-6-2-1-3-9-4-7-11-8-5-9;/h9,11H,1-8H2;1H. The van der Waals surface area contributed by atoms with Crippen LogP contribution in [0.4, 0.5) is 0 Å². The van der Waals surface area contributed by atoms with Gasteiger partial charge in [-0.25, -0.2) is 0 Å². The van der Waals surface area contributed by atoms with Crippen LogP contribution in [0, 0.1) is 5.92 Å². The van der Waals surface area contributed by atoms with E-state index in [1.807, 2.05) is 0 Å². The molecule has 0 saturated carbocycles.